The molecule has 0 spiro atoms. The molecule has 1 amide bonds. The number of hydrogen-bond donors (Lipinski definition) is 1. The summed E-state index contributed by atoms with van der Waals surface area (Å²) in [5, 5.41) is 2.72. The first-order chi connectivity index (χ1) is 9.67. The Morgan fingerprint density at radius 2 is 1.75 bits per heavy atom. The molecule has 100 valence electrons. The average molecular weight is 265 g/mol. The van der Waals surface area contributed by atoms with Crippen LogP contribution in [0.1, 0.15) is 18.1 Å². The van der Waals surface area contributed by atoms with Crippen molar-refractivity contribution in [3.63, 3.8) is 0 Å². The van der Waals surface area contributed by atoms with Gasteiger partial charge in [0.2, 0.25) is 5.91 Å². The van der Waals surface area contributed by atoms with Gasteiger partial charge in [-0.1, -0.05) is 17.9 Å². The monoisotopic (exact) mass is 265 g/mol. The number of benzene rings is 2. The Bertz CT molecular complexity index is 663. The highest BCUT2D eigenvalue weighted by molar-refractivity contribution is 5.88. The highest BCUT2D eigenvalue weighted by Gasteiger charge is 1.95. The molecule has 0 saturated heterocycles. The normalized spacial score (nSPS) is 9.30. The van der Waals surface area contributed by atoms with Gasteiger partial charge >= 0.3 is 0 Å². The Kier molecular flexibility index (Phi) is 4.41. The summed E-state index contributed by atoms with van der Waals surface area (Å²) in [5.74, 6) is 6.86. The van der Waals surface area contributed by atoms with Crippen molar-refractivity contribution in [1.82, 2.24) is 0 Å². The maximum atomic E-state index is 10.9. The molecule has 2 aromatic rings. The number of carbonyl (C=O) groups is 1. The van der Waals surface area contributed by atoms with E-state index in [9.17, 15) is 4.79 Å². The van der Waals surface area contributed by atoms with Crippen molar-refractivity contribution >= 4 is 11.6 Å². The second kappa shape index (κ2) is 6.44. The van der Waals surface area contributed by atoms with Crippen LogP contribution in [0.3, 0.4) is 0 Å². The molecule has 0 atom stereocenters. The molecule has 0 aliphatic rings. The van der Waals surface area contributed by atoms with Crippen molar-refractivity contribution in [3.05, 3.63) is 59.7 Å². The standard InChI is InChI=1S/C17H15NO2/c1-13(19)18-16-10-8-14(9-11-16)6-7-15-4-3-5-17(12-15)20-2/h3-5,8-12H,1-2H3,(H,18,19). The fourth-order valence-electron chi connectivity index (χ4n) is 1.69. The van der Waals surface area contributed by atoms with Crippen LogP contribution in [0, 0.1) is 11.8 Å². The van der Waals surface area contributed by atoms with Gasteiger partial charge in [-0.15, -0.1) is 0 Å². The minimum Gasteiger partial charge on any atom is -0.497 e. The minimum atomic E-state index is -0.0831. The van der Waals surface area contributed by atoms with Crippen molar-refractivity contribution in [2.75, 3.05) is 12.4 Å². The first-order valence-electron chi connectivity index (χ1n) is 6.21. The Morgan fingerprint density at radius 1 is 1.05 bits per heavy atom. The molecule has 0 heterocycles. The number of carbonyl (C=O) groups excluding carboxylic acids is 1. The van der Waals surface area contributed by atoms with E-state index >= 15 is 0 Å². The van der Waals surface area contributed by atoms with Gasteiger partial charge in [0.1, 0.15) is 5.75 Å². The second-order valence-electron chi connectivity index (χ2n) is 4.24. The van der Waals surface area contributed by atoms with E-state index in [1.54, 1.807) is 7.11 Å². The average Bonchev–Trinajstić information content (AvgIpc) is 2.46. The summed E-state index contributed by atoms with van der Waals surface area (Å²) in [4.78, 5) is 10.9. The molecule has 1 N–H and O–H groups in total. The third-order valence-electron chi connectivity index (χ3n) is 2.63. The quantitative estimate of drug-likeness (QED) is 0.847. The van der Waals surface area contributed by atoms with Crippen LogP contribution in [0.5, 0.6) is 5.75 Å². The molecule has 2 aromatic carbocycles. The van der Waals surface area contributed by atoms with Crippen molar-refractivity contribution in [3.8, 4) is 17.6 Å². The number of hydrogen-bond acceptors (Lipinski definition) is 2. The molecular weight excluding hydrogens is 250 g/mol. The molecule has 2 rings (SSSR count). The highest BCUT2D eigenvalue weighted by Crippen LogP contribution is 2.12. The lowest BCUT2D eigenvalue weighted by Gasteiger charge is -2.01. The van der Waals surface area contributed by atoms with Gasteiger partial charge < -0.3 is 10.1 Å². The zero-order valence-electron chi connectivity index (χ0n) is 11.4. The van der Waals surface area contributed by atoms with E-state index in [0.29, 0.717) is 0 Å². The summed E-state index contributed by atoms with van der Waals surface area (Å²) < 4.78 is 5.15. The largest absolute Gasteiger partial charge is 0.497 e. The molecule has 0 aliphatic heterocycles. The molecule has 3 nitrogen and oxygen atoms in total. The van der Waals surface area contributed by atoms with E-state index in [0.717, 1.165) is 22.6 Å². The van der Waals surface area contributed by atoms with Gasteiger partial charge in [0.15, 0.2) is 0 Å². The molecule has 0 aromatic heterocycles. The van der Waals surface area contributed by atoms with E-state index in [1.165, 1.54) is 6.92 Å². The first kappa shape index (κ1) is 13.7. The predicted molar refractivity (Wildman–Crippen MR) is 79.7 cm³/mol. The van der Waals surface area contributed by atoms with Crippen LogP contribution in [0.25, 0.3) is 0 Å². The van der Waals surface area contributed by atoms with E-state index < -0.39 is 0 Å². The van der Waals surface area contributed by atoms with Crippen LogP contribution in [0.15, 0.2) is 48.5 Å². The first-order valence-corrected chi connectivity index (χ1v) is 6.21. The summed E-state index contributed by atoms with van der Waals surface area (Å²) >= 11 is 0. The van der Waals surface area contributed by atoms with Crippen LogP contribution in [-0.2, 0) is 4.79 Å². The molecular formula is C17H15NO2. The molecule has 0 radical (unpaired) electrons. The van der Waals surface area contributed by atoms with Gasteiger partial charge in [-0.25, -0.2) is 0 Å². The summed E-state index contributed by atoms with van der Waals surface area (Å²) in [6.07, 6.45) is 0. The van der Waals surface area contributed by atoms with Gasteiger partial charge in [0.25, 0.3) is 0 Å². The Labute approximate surface area is 118 Å². The lowest BCUT2D eigenvalue weighted by atomic mass is 10.1. The zero-order valence-corrected chi connectivity index (χ0v) is 11.4. The van der Waals surface area contributed by atoms with Crippen LogP contribution in [-0.4, -0.2) is 13.0 Å². The Morgan fingerprint density at radius 3 is 2.40 bits per heavy atom. The number of ether oxygens (including phenoxy) is 1. The van der Waals surface area contributed by atoms with Crippen LogP contribution in [0.4, 0.5) is 5.69 Å². The molecule has 0 fully saturated rings. The van der Waals surface area contributed by atoms with Gasteiger partial charge in [-0.05, 0) is 42.5 Å². The lowest BCUT2D eigenvalue weighted by Crippen LogP contribution is -2.05. The van der Waals surface area contributed by atoms with Crippen LogP contribution < -0.4 is 10.1 Å². The van der Waals surface area contributed by atoms with E-state index in [-0.39, 0.29) is 5.91 Å². The summed E-state index contributed by atoms with van der Waals surface area (Å²) in [6.45, 7) is 1.48. The van der Waals surface area contributed by atoms with Gasteiger partial charge in [0.05, 0.1) is 7.11 Å². The second-order valence-corrected chi connectivity index (χ2v) is 4.24. The highest BCUT2D eigenvalue weighted by atomic mass is 16.5. The number of nitrogens with one attached hydrogen (secondary N) is 1. The molecule has 3 heteroatoms. The van der Waals surface area contributed by atoms with Gasteiger partial charge in [0, 0.05) is 23.7 Å². The molecule has 0 saturated carbocycles. The van der Waals surface area contributed by atoms with Crippen molar-refractivity contribution in [2.24, 2.45) is 0 Å². The fraction of sp³-hybridized carbons (Fsp3) is 0.118. The number of methoxy groups -OCH3 is 1. The maximum absolute atomic E-state index is 10.9. The van der Waals surface area contributed by atoms with Crippen LogP contribution >= 0.6 is 0 Å². The van der Waals surface area contributed by atoms with Crippen molar-refractivity contribution in [2.45, 2.75) is 6.92 Å². The Hall–Kier alpha value is -2.73. The summed E-state index contributed by atoms with van der Waals surface area (Å²) in [7, 11) is 1.63. The van der Waals surface area contributed by atoms with Crippen LogP contribution in [0.2, 0.25) is 0 Å². The zero-order chi connectivity index (χ0) is 14.4. The van der Waals surface area contributed by atoms with Gasteiger partial charge in [-0.2, -0.15) is 0 Å². The summed E-state index contributed by atoms with van der Waals surface area (Å²) in [5.41, 5.74) is 2.56. The fourth-order valence-corrected chi connectivity index (χ4v) is 1.69. The smallest absolute Gasteiger partial charge is 0.221 e. The molecule has 0 aliphatic carbocycles. The van der Waals surface area contributed by atoms with E-state index in [4.69, 9.17) is 4.74 Å². The van der Waals surface area contributed by atoms with Gasteiger partial charge in [-0.3, -0.25) is 4.79 Å². The third-order valence-corrected chi connectivity index (χ3v) is 2.63. The van der Waals surface area contributed by atoms with Crippen molar-refractivity contribution in [1.29, 1.82) is 0 Å². The number of rotatable bonds is 2. The molecule has 0 unspecified atom stereocenters. The molecule has 0 bridgehead atoms. The third kappa shape index (κ3) is 3.89. The number of amides is 1. The van der Waals surface area contributed by atoms with E-state index in [1.807, 2.05) is 48.5 Å². The maximum Gasteiger partial charge on any atom is 0.221 e. The number of anilines is 1. The Balaban J connectivity index is 2.13. The van der Waals surface area contributed by atoms with E-state index in [2.05, 4.69) is 17.2 Å². The van der Waals surface area contributed by atoms with Crippen molar-refractivity contribution < 1.29 is 9.53 Å². The topological polar surface area (TPSA) is 38.3 Å². The minimum absolute atomic E-state index is 0.0831. The molecule has 20 heavy (non-hydrogen) atoms. The lowest BCUT2D eigenvalue weighted by molar-refractivity contribution is -0.114. The summed E-state index contributed by atoms with van der Waals surface area (Å²) in [6, 6.07) is 15.0. The predicted octanol–water partition coefficient (Wildman–Crippen LogP) is 3.05. The SMILES string of the molecule is COc1cccc(C#Cc2ccc(NC(C)=O)cc2)c1.